The molecule has 2 heterocycles. The van der Waals surface area contributed by atoms with Gasteiger partial charge in [-0.1, -0.05) is 18.2 Å². The van der Waals surface area contributed by atoms with Crippen molar-refractivity contribution in [1.29, 1.82) is 0 Å². The quantitative estimate of drug-likeness (QED) is 0.802. The third-order valence-electron chi connectivity index (χ3n) is 3.97. The lowest BCUT2D eigenvalue weighted by Crippen LogP contribution is -2.04. The molecule has 3 rings (SSSR count). The minimum absolute atomic E-state index is 0.629. The van der Waals surface area contributed by atoms with Crippen molar-refractivity contribution in [3.8, 4) is 11.3 Å². The normalized spacial score (nSPS) is 10.8. The van der Waals surface area contributed by atoms with Crippen molar-refractivity contribution in [3.63, 3.8) is 0 Å². The van der Waals surface area contributed by atoms with Gasteiger partial charge in [0.2, 0.25) is 5.95 Å². The molecule has 0 aliphatic carbocycles. The molecule has 0 saturated carbocycles. The van der Waals surface area contributed by atoms with Gasteiger partial charge in [-0.3, -0.25) is 4.68 Å². The number of benzene rings is 1. The molecule has 5 heteroatoms. The molecule has 23 heavy (non-hydrogen) atoms. The van der Waals surface area contributed by atoms with Crippen LogP contribution in [0.1, 0.15) is 22.4 Å². The highest BCUT2D eigenvalue weighted by Crippen LogP contribution is 2.20. The van der Waals surface area contributed by atoms with E-state index in [0.29, 0.717) is 12.5 Å². The van der Waals surface area contributed by atoms with Crippen LogP contribution in [0, 0.1) is 20.8 Å². The molecule has 0 radical (unpaired) electrons. The van der Waals surface area contributed by atoms with Gasteiger partial charge in [0.25, 0.3) is 0 Å². The van der Waals surface area contributed by atoms with E-state index in [9.17, 15) is 0 Å². The lowest BCUT2D eigenvalue weighted by molar-refractivity contribution is 0.756. The minimum Gasteiger partial charge on any atom is -0.350 e. The standard InChI is InChI=1S/C18H21N5/c1-12-5-6-15(9-13(12)2)10-20-18-19-8-7-17(21-18)16-11-23(4)22-14(16)3/h5-9,11H,10H2,1-4H3,(H,19,20,21). The van der Waals surface area contributed by atoms with Crippen molar-refractivity contribution in [2.45, 2.75) is 27.3 Å². The molecule has 118 valence electrons. The van der Waals surface area contributed by atoms with Crippen LogP contribution < -0.4 is 5.32 Å². The summed E-state index contributed by atoms with van der Waals surface area (Å²) in [5.74, 6) is 0.629. The zero-order valence-corrected chi connectivity index (χ0v) is 14.0. The van der Waals surface area contributed by atoms with E-state index in [2.05, 4.69) is 52.4 Å². The molecule has 0 fully saturated rings. The van der Waals surface area contributed by atoms with E-state index in [1.54, 1.807) is 10.9 Å². The molecule has 2 aromatic heterocycles. The second kappa shape index (κ2) is 6.20. The first-order chi connectivity index (χ1) is 11.0. The Morgan fingerprint density at radius 1 is 1.09 bits per heavy atom. The highest BCUT2D eigenvalue weighted by atomic mass is 15.3. The fraction of sp³-hybridized carbons (Fsp3) is 0.278. The van der Waals surface area contributed by atoms with Gasteiger partial charge in [0.15, 0.2) is 0 Å². The van der Waals surface area contributed by atoms with Crippen LogP contribution in [0.2, 0.25) is 0 Å². The van der Waals surface area contributed by atoms with E-state index < -0.39 is 0 Å². The highest BCUT2D eigenvalue weighted by Gasteiger charge is 2.08. The molecule has 0 spiro atoms. The lowest BCUT2D eigenvalue weighted by atomic mass is 10.1. The van der Waals surface area contributed by atoms with E-state index >= 15 is 0 Å². The Balaban J connectivity index is 1.77. The summed E-state index contributed by atoms with van der Waals surface area (Å²) in [5.41, 5.74) is 6.70. The van der Waals surface area contributed by atoms with Crippen molar-refractivity contribution >= 4 is 5.95 Å². The summed E-state index contributed by atoms with van der Waals surface area (Å²) in [6.45, 7) is 6.94. The molecule has 0 amide bonds. The van der Waals surface area contributed by atoms with Crippen LogP contribution in [-0.2, 0) is 13.6 Å². The maximum Gasteiger partial charge on any atom is 0.223 e. The maximum atomic E-state index is 4.60. The van der Waals surface area contributed by atoms with Crippen LogP contribution in [0.25, 0.3) is 11.3 Å². The maximum absolute atomic E-state index is 4.60. The van der Waals surface area contributed by atoms with Gasteiger partial charge in [0, 0.05) is 31.5 Å². The summed E-state index contributed by atoms with van der Waals surface area (Å²) in [6, 6.07) is 8.37. The molecule has 5 nitrogen and oxygen atoms in total. The van der Waals surface area contributed by atoms with Gasteiger partial charge in [-0.2, -0.15) is 5.10 Å². The molecular weight excluding hydrogens is 286 g/mol. The van der Waals surface area contributed by atoms with Crippen molar-refractivity contribution in [2.24, 2.45) is 7.05 Å². The van der Waals surface area contributed by atoms with Gasteiger partial charge in [-0.25, -0.2) is 9.97 Å². The Morgan fingerprint density at radius 2 is 1.91 bits per heavy atom. The molecule has 1 N–H and O–H groups in total. The molecule has 0 aliphatic heterocycles. The second-order valence-corrected chi connectivity index (χ2v) is 5.84. The van der Waals surface area contributed by atoms with Crippen LogP contribution >= 0.6 is 0 Å². The summed E-state index contributed by atoms with van der Waals surface area (Å²) >= 11 is 0. The number of nitrogens with zero attached hydrogens (tertiary/aromatic N) is 4. The molecule has 0 unspecified atom stereocenters. The van der Waals surface area contributed by atoms with Crippen LogP contribution in [0.15, 0.2) is 36.7 Å². The van der Waals surface area contributed by atoms with E-state index in [1.165, 1.54) is 16.7 Å². The van der Waals surface area contributed by atoms with Gasteiger partial charge < -0.3 is 5.32 Å². The van der Waals surface area contributed by atoms with E-state index in [0.717, 1.165) is 17.0 Å². The van der Waals surface area contributed by atoms with E-state index in [4.69, 9.17) is 0 Å². The number of nitrogens with one attached hydrogen (secondary N) is 1. The second-order valence-electron chi connectivity index (χ2n) is 5.84. The van der Waals surface area contributed by atoms with Gasteiger partial charge in [0.05, 0.1) is 11.4 Å². The van der Waals surface area contributed by atoms with Crippen LogP contribution in [0.4, 0.5) is 5.95 Å². The number of aromatic nitrogens is 4. The predicted molar refractivity (Wildman–Crippen MR) is 92.2 cm³/mol. The van der Waals surface area contributed by atoms with Crippen molar-refractivity contribution in [2.75, 3.05) is 5.32 Å². The summed E-state index contributed by atoms with van der Waals surface area (Å²) < 4.78 is 1.80. The molecule has 0 aliphatic rings. The average molecular weight is 307 g/mol. The third kappa shape index (κ3) is 3.39. The van der Waals surface area contributed by atoms with Gasteiger partial charge in [0.1, 0.15) is 0 Å². The van der Waals surface area contributed by atoms with Gasteiger partial charge in [-0.15, -0.1) is 0 Å². The smallest absolute Gasteiger partial charge is 0.223 e. The first-order valence-electron chi connectivity index (χ1n) is 7.66. The first-order valence-corrected chi connectivity index (χ1v) is 7.66. The molecule has 0 atom stereocenters. The summed E-state index contributed by atoms with van der Waals surface area (Å²) in [7, 11) is 1.91. The number of hydrogen-bond acceptors (Lipinski definition) is 4. The summed E-state index contributed by atoms with van der Waals surface area (Å²) in [6.07, 6.45) is 3.75. The number of rotatable bonds is 4. The van der Waals surface area contributed by atoms with Gasteiger partial charge in [-0.05, 0) is 43.5 Å². The molecular formula is C18H21N5. The summed E-state index contributed by atoms with van der Waals surface area (Å²) in [5, 5.41) is 7.66. The highest BCUT2D eigenvalue weighted by molar-refractivity contribution is 5.61. The van der Waals surface area contributed by atoms with Crippen molar-refractivity contribution in [1.82, 2.24) is 19.7 Å². The topological polar surface area (TPSA) is 55.6 Å². The Hall–Kier alpha value is -2.69. The lowest BCUT2D eigenvalue weighted by Gasteiger charge is -2.08. The molecule has 1 aromatic carbocycles. The predicted octanol–water partition coefficient (Wildman–Crippen LogP) is 3.41. The Kier molecular flexibility index (Phi) is 4.10. The summed E-state index contributed by atoms with van der Waals surface area (Å²) in [4.78, 5) is 8.90. The third-order valence-corrected chi connectivity index (χ3v) is 3.97. The van der Waals surface area contributed by atoms with Crippen LogP contribution in [0.5, 0.6) is 0 Å². The Labute approximate surface area is 136 Å². The van der Waals surface area contributed by atoms with E-state index in [-0.39, 0.29) is 0 Å². The Morgan fingerprint density at radius 3 is 2.61 bits per heavy atom. The number of anilines is 1. The van der Waals surface area contributed by atoms with Crippen molar-refractivity contribution < 1.29 is 0 Å². The van der Waals surface area contributed by atoms with E-state index in [1.807, 2.05) is 26.2 Å². The zero-order valence-electron chi connectivity index (χ0n) is 14.0. The van der Waals surface area contributed by atoms with Crippen molar-refractivity contribution in [3.05, 3.63) is 59.0 Å². The molecule has 3 aromatic rings. The Bertz CT molecular complexity index is 835. The number of hydrogen-bond donors (Lipinski definition) is 1. The molecule has 0 bridgehead atoms. The largest absolute Gasteiger partial charge is 0.350 e. The number of aryl methyl sites for hydroxylation is 4. The minimum atomic E-state index is 0.629. The SMILES string of the molecule is Cc1ccc(CNc2nccc(-c3cn(C)nc3C)n2)cc1C. The van der Waals surface area contributed by atoms with Gasteiger partial charge >= 0.3 is 0 Å². The fourth-order valence-electron chi connectivity index (χ4n) is 2.54. The average Bonchev–Trinajstić information content (AvgIpc) is 2.87. The van der Waals surface area contributed by atoms with Crippen LogP contribution in [0.3, 0.4) is 0 Å². The monoisotopic (exact) mass is 307 g/mol. The van der Waals surface area contributed by atoms with Crippen LogP contribution in [-0.4, -0.2) is 19.7 Å². The zero-order chi connectivity index (χ0) is 16.4. The molecule has 0 saturated heterocycles. The first kappa shape index (κ1) is 15.2. The fourth-order valence-corrected chi connectivity index (χ4v) is 2.54.